The predicted octanol–water partition coefficient (Wildman–Crippen LogP) is 2.14. The second kappa shape index (κ2) is 6.38. The van der Waals surface area contributed by atoms with Crippen molar-refractivity contribution in [2.24, 2.45) is 5.10 Å². The van der Waals surface area contributed by atoms with Crippen molar-refractivity contribution in [3.8, 4) is 0 Å². The largest absolute Gasteiger partial charge is 0.272 e. The summed E-state index contributed by atoms with van der Waals surface area (Å²) in [6.45, 7) is 1.70. The Labute approximate surface area is 120 Å². The molecule has 0 bridgehead atoms. The molecule has 2 aromatic rings. The van der Waals surface area contributed by atoms with Crippen molar-refractivity contribution < 1.29 is 9.72 Å². The highest BCUT2D eigenvalue weighted by Crippen LogP contribution is 2.12. The van der Waals surface area contributed by atoms with Crippen LogP contribution in [0.5, 0.6) is 0 Å². The van der Waals surface area contributed by atoms with Gasteiger partial charge in [-0.15, -0.1) is 0 Å². The number of amides is 1. The minimum Gasteiger partial charge on any atom is -0.267 e. The molecule has 0 spiro atoms. The van der Waals surface area contributed by atoms with Gasteiger partial charge in [0, 0.05) is 24.5 Å². The number of carbonyl (C=O) groups is 1. The number of nitro groups is 1. The third-order valence-corrected chi connectivity index (χ3v) is 2.74. The molecule has 0 aliphatic rings. The maximum Gasteiger partial charge on any atom is 0.272 e. The van der Waals surface area contributed by atoms with Crippen LogP contribution in [0.4, 0.5) is 5.69 Å². The molecule has 0 aliphatic carbocycles. The zero-order chi connectivity index (χ0) is 15.2. The summed E-state index contributed by atoms with van der Waals surface area (Å²) in [6.07, 6.45) is 3.01. The normalized spacial score (nSPS) is 11.0. The van der Waals surface area contributed by atoms with Crippen molar-refractivity contribution in [3.63, 3.8) is 0 Å². The van der Waals surface area contributed by atoms with Crippen molar-refractivity contribution in [1.82, 2.24) is 10.4 Å². The van der Waals surface area contributed by atoms with E-state index in [0.717, 1.165) is 0 Å². The third kappa shape index (κ3) is 3.69. The number of hydrogen-bond acceptors (Lipinski definition) is 5. The molecule has 1 amide bonds. The van der Waals surface area contributed by atoms with Gasteiger partial charge in [0.1, 0.15) is 0 Å². The highest BCUT2D eigenvalue weighted by atomic mass is 16.6. The first-order valence-electron chi connectivity index (χ1n) is 6.07. The summed E-state index contributed by atoms with van der Waals surface area (Å²) in [6, 6.07) is 9.20. The SMILES string of the molecule is CC(=NNC(=O)c1cccnc1)c1ccc([N+](=O)[O-])cc1. The van der Waals surface area contributed by atoms with E-state index in [2.05, 4.69) is 15.5 Å². The lowest BCUT2D eigenvalue weighted by Crippen LogP contribution is -2.19. The first kappa shape index (κ1) is 14.3. The van der Waals surface area contributed by atoms with Crippen molar-refractivity contribution in [2.75, 3.05) is 0 Å². The molecule has 0 fully saturated rings. The summed E-state index contributed by atoms with van der Waals surface area (Å²) >= 11 is 0. The Hall–Kier alpha value is -3.09. The number of hydrogen-bond donors (Lipinski definition) is 1. The Bertz CT molecular complexity index is 681. The highest BCUT2D eigenvalue weighted by molar-refractivity contribution is 6.00. The van der Waals surface area contributed by atoms with Crippen molar-refractivity contribution in [2.45, 2.75) is 6.92 Å². The second-order valence-electron chi connectivity index (χ2n) is 4.18. The van der Waals surface area contributed by atoms with Gasteiger partial charge in [-0.05, 0) is 36.8 Å². The molecule has 0 atom stereocenters. The summed E-state index contributed by atoms with van der Waals surface area (Å²) in [4.78, 5) is 25.7. The molecule has 0 unspecified atom stereocenters. The first-order valence-corrected chi connectivity index (χ1v) is 6.07. The number of benzene rings is 1. The number of aromatic nitrogens is 1. The Morgan fingerprint density at radius 3 is 2.52 bits per heavy atom. The molecule has 7 nitrogen and oxygen atoms in total. The van der Waals surface area contributed by atoms with Crippen LogP contribution in [-0.4, -0.2) is 21.5 Å². The van der Waals surface area contributed by atoms with Gasteiger partial charge in [0.15, 0.2) is 0 Å². The average molecular weight is 284 g/mol. The van der Waals surface area contributed by atoms with Crippen LogP contribution in [0.1, 0.15) is 22.8 Å². The van der Waals surface area contributed by atoms with Crippen LogP contribution in [0, 0.1) is 10.1 Å². The van der Waals surface area contributed by atoms with Gasteiger partial charge in [0.2, 0.25) is 0 Å². The number of nitrogens with zero attached hydrogens (tertiary/aromatic N) is 3. The van der Waals surface area contributed by atoms with Crippen LogP contribution >= 0.6 is 0 Å². The summed E-state index contributed by atoms with van der Waals surface area (Å²) in [5.74, 6) is -0.371. The number of rotatable bonds is 4. The zero-order valence-corrected chi connectivity index (χ0v) is 11.2. The van der Waals surface area contributed by atoms with Gasteiger partial charge in [-0.1, -0.05) is 0 Å². The second-order valence-corrected chi connectivity index (χ2v) is 4.18. The van der Waals surface area contributed by atoms with Gasteiger partial charge in [-0.25, -0.2) is 5.43 Å². The van der Waals surface area contributed by atoms with E-state index < -0.39 is 4.92 Å². The van der Waals surface area contributed by atoms with E-state index in [4.69, 9.17) is 0 Å². The van der Waals surface area contributed by atoms with Crippen molar-refractivity contribution in [1.29, 1.82) is 0 Å². The maximum absolute atomic E-state index is 11.8. The van der Waals surface area contributed by atoms with Crippen LogP contribution < -0.4 is 5.43 Å². The number of non-ortho nitro benzene ring substituents is 1. The standard InChI is InChI=1S/C14H12N4O3/c1-10(11-4-6-13(7-5-11)18(20)21)16-17-14(19)12-3-2-8-15-9-12/h2-9H,1H3,(H,17,19). The molecular weight excluding hydrogens is 272 g/mol. The first-order chi connectivity index (χ1) is 10.1. The van der Waals surface area contributed by atoms with Crippen molar-refractivity contribution >= 4 is 17.3 Å². The van der Waals surface area contributed by atoms with Gasteiger partial charge in [-0.2, -0.15) is 5.10 Å². The van der Waals surface area contributed by atoms with Gasteiger partial charge < -0.3 is 0 Å². The summed E-state index contributed by atoms with van der Waals surface area (Å²) in [7, 11) is 0. The molecule has 0 saturated heterocycles. The lowest BCUT2D eigenvalue weighted by Gasteiger charge is -2.02. The highest BCUT2D eigenvalue weighted by Gasteiger charge is 2.07. The van der Waals surface area contributed by atoms with E-state index in [9.17, 15) is 14.9 Å². The van der Waals surface area contributed by atoms with E-state index in [1.54, 1.807) is 37.4 Å². The number of carbonyl (C=O) groups excluding carboxylic acids is 1. The fourth-order valence-electron chi connectivity index (χ4n) is 1.59. The Morgan fingerprint density at radius 1 is 1.24 bits per heavy atom. The number of nitrogens with one attached hydrogen (secondary N) is 1. The van der Waals surface area contributed by atoms with Gasteiger partial charge in [-0.3, -0.25) is 19.9 Å². The van der Waals surface area contributed by atoms with E-state index >= 15 is 0 Å². The fraction of sp³-hybridized carbons (Fsp3) is 0.0714. The monoisotopic (exact) mass is 284 g/mol. The molecule has 21 heavy (non-hydrogen) atoms. The van der Waals surface area contributed by atoms with Crippen LogP contribution in [0.3, 0.4) is 0 Å². The summed E-state index contributed by atoms with van der Waals surface area (Å²) < 4.78 is 0. The van der Waals surface area contributed by atoms with Crippen molar-refractivity contribution in [3.05, 3.63) is 70.0 Å². The third-order valence-electron chi connectivity index (χ3n) is 2.74. The molecule has 0 aliphatic heterocycles. The molecule has 0 saturated carbocycles. The smallest absolute Gasteiger partial charge is 0.267 e. The molecular formula is C14H12N4O3. The minimum atomic E-state index is -0.472. The van der Waals surface area contributed by atoms with Gasteiger partial charge in [0.25, 0.3) is 11.6 Å². The maximum atomic E-state index is 11.8. The molecule has 2 rings (SSSR count). The Morgan fingerprint density at radius 2 is 1.95 bits per heavy atom. The molecule has 1 aromatic carbocycles. The molecule has 0 radical (unpaired) electrons. The van der Waals surface area contributed by atoms with E-state index in [-0.39, 0.29) is 11.6 Å². The van der Waals surface area contributed by atoms with Gasteiger partial charge >= 0.3 is 0 Å². The molecule has 1 heterocycles. The van der Waals surface area contributed by atoms with E-state index in [0.29, 0.717) is 16.8 Å². The Balaban J connectivity index is 2.07. The van der Waals surface area contributed by atoms with Gasteiger partial charge in [0.05, 0.1) is 16.2 Å². The predicted molar refractivity (Wildman–Crippen MR) is 77.0 cm³/mol. The quantitative estimate of drug-likeness (QED) is 0.528. The number of nitro benzene ring substituents is 1. The lowest BCUT2D eigenvalue weighted by molar-refractivity contribution is -0.384. The molecule has 106 valence electrons. The minimum absolute atomic E-state index is 0.00551. The zero-order valence-electron chi connectivity index (χ0n) is 11.2. The number of hydrazone groups is 1. The van der Waals surface area contributed by atoms with Crippen LogP contribution in [0.2, 0.25) is 0 Å². The fourth-order valence-corrected chi connectivity index (χ4v) is 1.59. The lowest BCUT2D eigenvalue weighted by atomic mass is 10.1. The topological polar surface area (TPSA) is 97.5 Å². The van der Waals surface area contributed by atoms with E-state index in [1.807, 2.05) is 0 Å². The molecule has 7 heteroatoms. The number of pyridine rings is 1. The van der Waals surface area contributed by atoms with Crippen LogP contribution in [0.25, 0.3) is 0 Å². The summed E-state index contributed by atoms with van der Waals surface area (Å²) in [5, 5.41) is 14.5. The average Bonchev–Trinajstić information content (AvgIpc) is 2.53. The summed E-state index contributed by atoms with van der Waals surface area (Å²) in [5.41, 5.74) is 4.05. The molecule has 1 N–H and O–H groups in total. The molecule has 1 aromatic heterocycles. The van der Waals surface area contributed by atoms with Crippen LogP contribution in [-0.2, 0) is 0 Å². The Kier molecular flexibility index (Phi) is 4.35. The van der Waals surface area contributed by atoms with Crippen LogP contribution in [0.15, 0.2) is 53.9 Å². The van der Waals surface area contributed by atoms with E-state index in [1.165, 1.54) is 18.3 Å².